The van der Waals surface area contributed by atoms with Crippen LogP contribution in [0.25, 0.3) is 0 Å². The van der Waals surface area contributed by atoms with Crippen molar-refractivity contribution in [3.8, 4) is 0 Å². The average Bonchev–Trinajstić information content (AvgIpc) is 2.15. The lowest BCUT2D eigenvalue weighted by Gasteiger charge is -2.35. The van der Waals surface area contributed by atoms with Crippen LogP contribution in [0.4, 0.5) is 0 Å². The third kappa shape index (κ3) is 4.84. The van der Waals surface area contributed by atoms with E-state index in [1.54, 1.807) is 0 Å². The molecule has 0 aliphatic heterocycles. The van der Waals surface area contributed by atoms with E-state index in [9.17, 15) is 0 Å². The van der Waals surface area contributed by atoms with Crippen LogP contribution in [0.1, 0.15) is 41.0 Å². The quantitative estimate of drug-likeness (QED) is 0.702. The summed E-state index contributed by atoms with van der Waals surface area (Å²) >= 11 is 0. The molecule has 2 nitrogen and oxygen atoms in total. The molecule has 94 valence electrons. The molecule has 0 heterocycles. The van der Waals surface area contributed by atoms with Crippen LogP contribution in [0.2, 0.25) is 0 Å². The zero-order valence-corrected chi connectivity index (χ0v) is 11.6. The Morgan fingerprint density at radius 2 is 1.81 bits per heavy atom. The third-order valence-electron chi connectivity index (χ3n) is 2.89. The van der Waals surface area contributed by atoms with E-state index in [1.165, 1.54) is 5.57 Å². The zero-order valence-electron chi connectivity index (χ0n) is 11.6. The van der Waals surface area contributed by atoms with Crippen molar-refractivity contribution in [2.75, 3.05) is 13.1 Å². The van der Waals surface area contributed by atoms with Gasteiger partial charge in [-0.25, -0.2) is 0 Å². The van der Waals surface area contributed by atoms with Crippen molar-refractivity contribution in [1.29, 1.82) is 0 Å². The minimum Gasteiger partial charge on any atom is -0.374 e. The fourth-order valence-electron chi connectivity index (χ4n) is 1.53. The van der Waals surface area contributed by atoms with E-state index in [-0.39, 0.29) is 11.5 Å². The minimum absolute atomic E-state index is 0.0116. The lowest BCUT2D eigenvalue weighted by molar-refractivity contribution is 0.268. The predicted molar refractivity (Wildman–Crippen MR) is 73.2 cm³/mol. The number of hydrogen-bond acceptors (Lipinski definition) is 2. The molecule has 0 rings (SSSR count). The van der Waals surface area contributed by atoms with Crippen LogP contribution < -0.4 is 5.73 Å². The molecule has 1 unspecified atom stereocenters. The van der Waals surface area contributed by atoms with Gasteiger partial charge in [0.2, 0.25) is 0 Å². The summed E-state index contributed by atoms with van der Waals surface area (Å²) in [4.78, 5) is 2.25. The number of nitrogens with zero attached hydrogens (tertiary/aromatic N) is 1. The van der Waals surface area contributed by atoms with Gasteiger partial charge in [-0.05, 0) is 25.7 Å². The second kappa shape index (κ2) is 6.09. The molecule has 0 aliphatic rings. The van der Waals surface area contributed by atoms with Crippen LogP contribution in [0.3, 0.4) is 0 Å². The van der Waals surface area contributed by atoms with Crippen molar-refractivity contribution in [3.05, 3.63) is 24.4 Å². The normalized spacial score (nSPS) is 13.4. The van der Waals surface area contributed by atoms with Crippen molar-refractivity contribution in [1.82, 2.24) is 4.90 Å². The maximum Gasteiger partial charge on any atom is 0.0489 e. The lowest BCUT2D eigenvalue weighted by atomic mass is 9.85. The molecule has 2 heteroatoms. The van der Waals surface area contributed by atoms with E-state index in [1.807, 2.05) is 0 Å². The highest BCUT2D eigenvalue weighted by Crippen LogP contribution is 2.24. The first kappa shape index (κ1) is 15.2. The molecule has 0 aromatic rings. The highest BCUT2D eigenvalue weighted by molar-refractivity contribution is 5.08. The monoisotopic (exact) mass is 224 g/mol. The topological polar surface area (TPSA) is 29.3 Å². The zero-order chi connectivity index (χ0) is 12.9. The van der Waals surface area contributed by atoms with Gasteiger partial charge < -0.3 is 10.6 Å². The molecular formula is C14H28N2. The smallest absolute Gasteiger partial charge is 0.0489 e. The molecular weight excluding hydrogens is 196 g/mol. The van der Waals surface area contributed by atoms with Gasteiger partial charge in [-0.1, -0.05) is 32.9 Å². The standard InChI is InChI=1S/C14H28N2/c1-8-16(10-9-11(2)3)12(4)13(15)14(5,6)7/h13H,2,4,8-10,15H2,1,3,5-7H3. The Hall–Kier alpha value is -0.760. The van der Waals surface area contributed by atoms with Crippen LogP contribution in [0.15, 0.2) is 24.4 Å². The van der Waals surface area contributed by atoms with Gasteiger partial charge in [0.25, 0.3) is 0 Å². The number of hydrogen-bond donors (Lipinski definition) is 1. The van der Waals surface area contributed by atoms with Gasteiger partial charge in [0.15, 0.2) is 0 Å². The molecule has 0 aromatic carbocycles. The predicted octanol–water partition coefficient (Wildman–Crippen LogP) is 3.16. The molecule has 2 N–H and O–H groups in total. The number of nitrogens with two attached hydrogens (primary N) is 1. The first-order valence-corrected chi connectivity index (χ1v) is 6.03. The molecule has 1 atom stereocenters. The van der Waals surface area contributed by atoms with Crippen molar-refractivity contribution >= 4 is 0 Å². The van der Waals surface area contributed by atoms with Crippen molar-refractivity contribution < 1.29 is 0 Å². The number of likely N-dealkylation sites (N-methyl/N-ethyl adjacent to an activating group) is 1. The Kier molecular flexibility index (Phi) is 5.80. The Balaban J connectivity index is 4.47. The summed E-state index contributed by atoms with van der Waals surface area (Å²) in [6, 6.07) is 0.0116. The van der Waals surface area contributed by atoms with Crippen LogP contribution in [0.5, 0.6) is 0 Å². The van der Waals surface area contributed by atoms with Gasteiger partial charge in [-0.3, -0.25) is 0 Å². The minimum atomic E-state index is 0.0116. The van der Waals surface area contributed by atoms with Gasteiger partial charge in [0.05, 0.1) is 0 Å². The van der Waals surface area contributed by atoms with Gasteiger partial charge in [0, 0.05) is 24.8 Å². The molecule has 0 spiro atoms. The summed E-state index contributed by atoms with van der Waals surface area (Å²) in [7, 11) is 0. The van der Waals surface area contributed by atoms with Crippen molar-refractivity contribution in [3.63, 3.8) is 0 Å². The van der Waals surface area contributed by atoms with E-state index in [4.69, 9.17) is 5.73 Å². The molecule has 0 saturated heterocycles. The van der Waals surface area contributed by atoms with Gasteiger partial charge in [-0.15, -0.1) is 6.58 Å². The molecule has 16 heavy (non-hydrogen) atoms. The first-order valence-electron chi connectivity index (χ1n) is 6.03. The van der Waals surface area contributed by atoms with Crippen molar-refractivity contribution in [2.24, 2.45) is 11.1 Å². The summed E-state index contributed by atoms with van der Waals surface area (Å²) in [6.45, 7) is 20.6. The summed E-state index contributed by atoms with van der Waals surface area (Å²) in [6.07, 6.45) is 1.00. The van der Waals surface area contributed by atoms with E-state index < -0.39 is 0 Å². The summed E-state index contributed by atoms with van der Waals surface area (Å²) in [5.41, 5.74) is 8.52. The van der Waals surface area contributed by atoms with Crippen LogP contribution in [-0.4, -0.2) is 24.0 Å². The van der Waals surface area contributed by atoms with Gasteiger partial charge in [-0.2, -0.15) is 0 Å². The average molecular weight is 224 g/mol. The first-order chi connectivity index (χ1) is 7.20. The Labute approximate surface area is 101 Å². The van der Waals surface area contributed by atoms with Gasteiger partial charge >= 0.3 is 0 Å². The second-order valence-corrected chi connectivity index (χ2v) is 5.62. The summed E-state index contributed by atoms with van der Waals surface area (Å²) in [5, 5.41) is 0. The molecule has 0 saturated carbocycles. The fraction of sp³-hybridized carbons (Fsp3) is 0.714. The molecule has 0 aliphatic carbocycles. The summed E-state index contributed by atoms with van der Waals surface area (Å²) < 4.78 is 0. The van der Waals surface area contributed by atoms with Crippen molar-refractivity contribution in [2.45, 2.75) is 47.1 Å². The maximum atomic E-state index is 6.21. The molecule has 0 amide bonds. The lowest BCUT2D eigenvalue weighted by Crippen LogP contribution is -2.43. The largest absolute Gasteiger partial charge is 0.374 e. The van der Waals surface area contributed by atoms with Gasteiger partial charge in [0.1, 0.15) is 0 Å². The van der Waals surface area contributed by atoms with Crippen LogP contribution in [0, 0.1) is 5.41 Å². The number of rotatable bonds is 6. The van der Waals surface area contributed by atoms with E-state index in [2.05, 4.69) is 52.7 Å². The highest BCUT2D eigenvalue weighted by Gasteiger charge is 2.25. The summed E-state index contributed by atoms with van der Waals surface area (Å²) in [5.74, 6) is 0. The van der Waals surface area contributed by atoms with E-state index in [0.29, 0.717) is 0 Å². The fourth-order valence-corrected chi connectivity index (χ4v) is 1.53. The maximum absolute atomic E-state index is 6.21. The third-order valence-corrected chi connectivity index (χ3v) is 2.89. The van der Waals surface area contributed by atoms with E-state index >= 15 is 0 Å². The molecule has 0 aromatic heterocycles. The van der Waals surface area contributed by atoms with Crippen LogP contribution in [-0.2, 0) is 0 Å². The Morgan fingerprint density at radius 3 is 2.12 bits per heavy atom. The highest BCUT2D eigenvalue weighted by atomic mass is 15.1. The van der Waals surface area contributed by atoms with Crippen LogP contribution >= 0.6 is 0 Å². The molecule has 0 fully saturated rings. The SMILES string of the molecule is C=C(C)CCN(CC)C(=C)C(N)C(C)(C)C. The molecule has 0 bridgehead atoms. The second-order valence-electron chi connectivity index (χ2n) is 5.62. The van der Waals surface area contributed by atoms with E-state index in [0.717, 1.165) is 25.2 Å². The Morgan fingerprint density at radius 1 is 1.31 bits per heavy atom. The molecule has 0 radical (unpaired) electrons. The Bertz CT molecular complexity index is 248.